The SMILES string of the molecule is COCCN1/C(=C\C=C2/CCCC(/C=C/C3=[N+](CCOC)c4ccc(Nc5ccccc5)cc4C3(C)C)=C2Cl)C(C)(C)c2cc(Nc3ccccc3)ccc21. The van der Waals surface area contributed by atoms with Gasteiger partial charge in [0.15, 0.2) is 12.3 Å². The van der Waals surface area contributed by atoms with Gasteiger partial charge in [-0.2, -0.15) is 4.58 Å². The van der Waals surface area contributed by atoms with Crippen LogP contribution in [0.5, 0.6) is 0 Å². The van der Waals surface area contributed by atoms with Crippen molar-refractivity contribution >= 4 is 51.4 Å². The molecule has 2 aliphatic heterocycles. The molecule has 0 amide bonds. The molecule has 7 rings (SSSR count). The minimum Gasteiger partial charge on any atom is -0.383 e. The third kappa shape index (κ3) is 7.95. The Kier molecular flexibility index (Phi) is 11.5. The van der Waals surface area contributed by atoms with Crippen molar-refractivity contribution in [3.05, 3.63) is 154 Å². The summed E-state index contributed by atoms with van der Waals surface area (Å²) in [5.74, 6) is 0. The molecule has 2 heterocycles. The molecule has 0 fully saturated rings. The van der Waals surface area contributed by atoms with Gasteiger partial charge in [0.05, 0.1) is 12.0 Å². The normalized spacial score (nSPS) is 18.8. The zero-order chi connectivity index (χ0) is 38.6. The fraction of sp³-hybridized carbons (Fsp3) is 0.312. The fourth-order valence-corrected chi connectivity index (χ4v) is 8.61. The summed E-state index contributed by atoms with van der Waals surface area (Å²) >= 11 is 7.31. The average molecular weight is 754 g/mol. The van der Waals surface area contributed by atoms with E-state index in [2.05, 4.69) is 157 Å². The number of fused-ring (bicyclic) bond motifs is 2. The van der Waals surface area contributed by atoms with Crippen molar-refractivity contribution in [2.45, 2.75) is 57.8 Å². The van der Waals surface area contributed by atoms with Crippen LogP contribution in [0.3, 0.4) is 0 Å². The molecule has 6 nitrogen and oxygen atoms in total. The third-order valence-electron chi connectivity index (χ3n) is 11.3. The molecule has 0 unspecified atom stereocenters. The zero-order valence-electron chi connectivity index (χ0n) is 33.1. The van der Waals surface area contributed by atoms with Gasteiger partial charge in [0, 0.05) is 83.1 Å². The number of hydrogen-bond acceptors (Lipinski definition) is 5. The first-order valence-electron chi connectivity index (χ1n) is 19.4. The van der Waals surface area contributed by atoms with Gasteiger partial charge in [0.25, 0.3) is 0 Å². The summed E-state index contributed by atoms with van der Waals surface area (Å²) in [6, 6.07) is 34.1. The first-order valence-corrected chi connectivity index (χ1v) is 19.8. The van der Waals surface area contributed by atoms with Crippen LogP contribution in [0.4, 0.5) is 34.1 Å². The smallest absolute Gasteiger partial charge is 0.210 e. The Morgan fingerprint density at radius 1 is 0.709 bits per heavy atom. The predicted molar refractivity (Wildman–Crippen MR) is 231 cm³/mol. The molecule has 0 aromatic heterocycles. The number of benzene rings is 4. The monoisotopic (exact) mass is 753 g/mol. The minimum atomic E-state index is -0.218. The molecule has 4 aromatic carbocycles. The average Bonchev–Trinajstić information content (AvgIpc) is 3.53. The molecule has 0 radical (unpaired) electrons. The van der Waals surface area contributed by atoms with Gasteiger partial charge in [-0.25, -0.2) is 0 Å². The Morgan fingerprint density at radius 3 is 2.00 bits per heavy atom. The van der Waals surface area contributed by atoms with Crippen LogP contribution in [0.2, 0.25) is 0 Å². The number of allylic oxidation sites excluding steroid dienone is 8. The van der Waals surface area contributed by atoms with Crippen molar-refractivity contribution in [2.75, 3.05) is 56.1 Å². The fourth-order valence-electron chi connectivity index (χ4n) is 8.30. The first kappa shape index (κ1) is 38.4. The van der Waals surface area contributed by atoms with Crippen LogP contribution in [0.15, 0.2) is 143 Å². The molecule has 0 spiro atoms. The standard InChI is InChI=1S/C48H54ClN4O2/c1-47(2)40-32-38(50-36-16-9-7-10-17-36)22-24-42(40)52(28-30-54-5)44(47)26-20-34-14-13-15-35(46(34)49)21-27-45-48(3,4)41-33-39(51-37-18-11-8-12-19-37)23-25-43(41)53(45)29-31-55-6/h7-12,16-27,32-33,50-51H,13-15,28-31H2,1-6H3/q+1. The van der Waals surface area contributed by atoms with Gasteiger partial charge in [-0.3, -0.25) is 0 Å². The zero-order valence-corrected chi connectivity index (χ0v) is 33.8. The first-order chi connectivity index (χ1) is 26.6. The Morgan fingerprint density at radius 2 is 1.35 bits per heavy atom. The van der Waals surface area contributed by atoms with E-state index in [1.165, 1.54) is 45.1 Å². The minimum absolute atomic E-state index is 0.218. The number of nitrogens with one attached hydrogen (secondary N) is 2. The quantitative estimate of drug-likeness (QED) is 0.133. The highest BCUT2D eigenvalue weighted by molar-refractivity contribution is 6.32. The molecule has 0 atom stereocenters. The maximum atomic E-state index is 7.31. The van der Waals surface area contributed by atoms with Crippen LogP contribution in [-0.2, 0) is 20.3 Å². The highest BCUT2D eigenvalue weighted by atomic mass is 35.5. The second kappa shape index (κ2) is 16.5. The maximum Gasteiger partial charge on any atom is 0.210 e. The molecule has 0 bridgehead atoms. The molecule has 3 aliphatic rings. The summed E-state index contributed by atoms with van der Waals surface area (Å²) < 4.78 is 13.6. The molecule has 0 saturated heterocycles. The highest BCUT2D eigenvalue weighted by Gasteiger charge is 2.44. The predicted octanol–water partition coefficient (Wildman–Crippen LogP) is 11.7. The number of methoxy groups -OCH3 is 2. The Bertz CT molecular complexity index is 2180. The van der Waals surface area contributed by atoms with Crippen molar-refractivity contribution in [2.24, 2.45) is 0 Å². The second-order valence-corrected chi connectivity index (χ2v) is 16.0. The number of hydrogen-bond donors (Lipinski definition) is 2. The molecule has 4 aromatic rings. The molecular formula is C48H54ClN4O2+. The lowest BCUT2D eigenvalue weighted by molar-refractivity contribution is -0.441. The van der Waals surface area contributed by atoms with Crippen LogP contribution in [0, 0.1) is 0 Å². The summed E-state index contributed by atoms with van der Waals surface area (Å²) in [4.78, 5) is 2.41. The summed E-state index contributed by atoms with van der Waals surface area (Å²) in [6.07, 6.45) is 12.1. The molecular weight excluding hydrogens is 700 g/mol. The van der Waals surface area contributed by atoms with Crippen molar-refractivity contribution in [3.8, 4) is 0 Å². The van der Waals surface area contributed by atoms with Crippen molar-refractivity contribution in [3.63, 3.8) is 0 Å². The second-order valence-electron chi connectivity index (χ2n) is 15.6. The molecule has 284 valence electrons. The number of rotatable bonds is 13. The van der Waals surface area contributed by atoms with E-state index >= 15 is 0 Å². The lowest BCUT2D eigenvalue weighted by atomic mass is 9.81. The summed E-state index contributed by atoms with van der Waals surface area (Å²) in [7, 11) is 3.53. The van der Waals surface area contributed by atoms with Crippen molar-refractivity contribution in [1.82, 2.24) is 0 Å². The van der Waals surface area contributed by atoms with Gasteiger partial charge >= 0.3 is 0 Å². The van der Waals surface area contributed by atoms with E-state index in [4.69, 9.17) is 21.1 Å². The summed E-state index contributed by atoms with van der Waals surface area (Å²) in [5.41, 5.74) is 13.7. The van der Waals surface area contributed by atoms with Gasteiger partial charge in [-0.15, -0.1) is 0 Å². The molecule has 2 N–H and O–H groups in total. The van der Waals surface area contributed by atoms with E-state index in [-0.39, 0.29) is 10.8 Å². The van der Waals surface area contributed by atoms with Crippen LogP contribution < -0.4 is 15.5 Å². The van der Waals surface area contributed by atoms with Gasteiger partial charge in [-0.1, -0.05) is 74.0 Å². The summed E-state index contributed by atoms with van der Waals surface area (Å²) in [6.45, 7) is 12.1. The number of nitrogens with zero attached hydrogens (tertiary/aromatic N) is 2. The molecule has 7 heteroatoms. The van der Waals surface area contributed by atoms with E-state index in [1.807, 2.05) is 12.1 Å². The Hall–Kier alpha value is -4.88. The van der Waals surface area contributed by atoms with E-state index in [0.717, 1.165) is 60.1 Å². The topological polar surface area (TPSA) is 48.8 Å². The van der Waals surface area contributed by atoms with E-state index < -0.39 is 0 Å². The maximum absolute atomic E-state index is 7.31. The van der Waals surface area contributed by atoms with Gasteiger partial charge in [0.2, 0.25) is 5.69 Å². The van der Waals surface area contributed by atoms with Gasteiger partial charge in [-0.05, 0) is 110 Å². The summed E-state index contributed by atoms with van der Waals surface area (Å²) in [5, 5.41) is 8.03. The highest BCUT2D eigenvalue weighted by Crippen LogP contribution is 2.49. The number of halogens is 1. The van der Waals surface area contributed by atoms with Crippen molar-refractivity contribution < 1.29 is 14.0 Å². The lowest BCUT2D eigenvalue weighted by Gasteiger charge is -2.27. The van der Waals surface area contributed by atoms with Gasteiger partial charge in [0.1, 0.15) is 6.61 Å². The van der Waals surface area contributed by atoms with E-state index in [1.54, 1.807) is 14.2 Å². The van der Waals surface area contributed by atoms with Crippen LogP contribution in [0.1, 0.15) is 58.1 Å². The van der Waals surface area contributed by atoms with E-state index in [0.29, 0.717) is 13.2 Å². The third-order valence-corrected chi connectivity index (χ3v) is 11.8. The number of para-hydroxylation sites is 2. The Balaban J connectivity index is 1.18. The lowest BCUT2D eigenvalue weighted by Crippen LogP contribution is -2.29. The molecule has 1 aliphatic carbocycles. The molecule has 0 saturated carbocycles. The van der Waals surface area contributed by atoms with Crippen molar-refractivity contribution in [1.29, 1.82) is 0 Å². The Labute approximate surface area is 332 Å². The van der Waals surface area contributed by atoms with Crippen LogP contribution >= 0.6 is 11.6 Å². The molecule has 55 heavy (non-hydrogen) atoms. The van der Waals surface area contributed by atoms with Crippen LogP contribution in [0.25, 0.3) is 0 Å². The van der Waals surface area contributed by atoms with E-state index in [9.17, 15) is 0 Å². The number of ether oxygens (including phenoxy) is 2. The van der Waals surface area contributed by atoms with Crippen LogP contribution in [-0.4, -0.2) is 50.8 Å². The number of anilines is 5. The largest absolute Gasteiger partial charge is 0.383 e. The van der Waals surface area contributed by atoms with Gasteiger partial charge < -0.3 is 25.0 Å².